The van der Waals surface area contributed by atoms with Crippen LogP contribution in [0.1, 0.15) is 12.8 Å². The largest absolute Gasteiger partial charge is 0.494 e. The molecule has 2 aromatic carbocycles. The zero-order chi connectivity index (χ0) is 20.6. The van der Waals surface area contributed by atoms with Crippen LogP contribution in [0, 0.1) is 5.82 Å². The van der Waals surface area contributed by atoms with Crippen LogP contribution in [-0.4, -0.2) is 43.3 Å². The van der Waals surface area contributed by atoms with Crippen molar-refractivity contribution in [3.05, 3.63) is 48.3 Å². The van der Waals surface area contributed by atoms with Gasteiger partial charge in [-0.2, -0.15) is 4.31 Å². The van der Waals surface area contributed by atoms with Crippen LogP contribution in [0.4, 0.5) is 9.52 Å². The Morgan fingerprint density at radius 2 is 2.03 bits per heavy atom. The highest BCUT2D eigenvalue weighted by atomic mass is 32.2. The number of carbonyl (C=O) groups is 1. The average Bonchev–Trinajstić information content (AvgIpc) is 3.35. The normalized spacial score (nSPS) is 17.5. The number of fused-ring (bicyclic) bond motifs is 1. The zero-order valence-electron chi connectivity index (χ0n) is 15.5. The van der Waals surface area contributed by atoms with Crippen LogP contribution >= 0.6 is 11.3 Å². The summed E-state index contributed by atoms with van der Waals surface area (Å²) in [5.41, 5.74) is 0.637. The molecule has 1 atom stereocenters. The van der Waals surface area contributed by atoms with Crippen molar-refractivity contribution < 1.29 is 22.3 Å². The number of hydrogen-bond acceptors (Lipinski definition) is 6. The lowest BCUT2D eigenvalue weighted by molar-refractivity contribution is -0.119. The van der Waals surface area contributed by atoms with Gasteiger partial charge in [0, 0.05) is 6.54 Å². The van der Waals surface area contributed by atoms with E-state index in [9.17, 15) is 17.6 Å². The molecule has 0 radical (unpaired) electrons. The molecule has 1 aliphatic heterocycles. The van der Waals surface area contributed by atoms with E-state index in [0.29, 0.717) is 29.2 Å². The molecule has 1 N–H and O–H groups in total. The third-order valence-corrected chi connectivity index (χ3v) is 7.62. The van der Waals surface area contributed by atoms with Crippen LogP contribution in [0.3, 0.4) is 0 Å². The van der Waals surface area contributed by atoms with Crippen LogP contribution in [0.2, 0.25) is 0 Å². The lowest BCUT2D eigenvalue weighted by Crippen LogP contribution is -2.43. The van der Waals surface area contributed by atoms with Gasteiger partial charge in [-0.1, -0.05) is 17.4 Å². The number of para-hydroxylation sites is 1. The van der Waals surface area contributed by atoms with Crippen molar-refractivity contribution in [2.45, 2.75) is 23.8 Å². The molecule has 1 aromatic heterocycles. The minimum atomic E-state index is -3.91. The number of sulfonamides is 1. The van der Waals surface area contributed by atoms with Gasteiger partial charge in [-0.05, 0) is 49.2 Å². The molecule has 1 aliphatic rings. The fraction of sp³-hybridized carbons (Fsp3) is 0.263. The van der Waals surface area contributed by atoms with Gasteiger partial charge in [0.15, 0.2) is 5.13 Å². The molecule has 7 nitrogen and oxygen atoms in total. The van der Waals surface area contributed by atoms with E-state index >= 15 is 0 Å². The minimum Gasteiger partial charge on any atom is -0.494 e. The first kappa shape index (κ1) is 19.7. The quantitative estimate of drug-likeness (QED) is 0.665. The molecule has 2 heterocycles. The molecule has 152 valence electrons. The zero-order valence-corrected chi connectivity index (χ0v) is 17.1. The molecule has 1 amide bonds. The van der Waals surface area contributed by atoms with Crippen molar-refractivity contribution in [1.82, 2.24) is 9.29 Å². The summed E-state index contributed by atoms with van der Waals surface area (Å²) >= 11 is 1.29. The van der Waals surface area contributed by atoms with Crippen molar-refractivity contribution >= 4 is 42.6 Å². The third kappa shape index (κ3) is 3.70. The Morgan fingerprint density at radius 1 is 1.28 bits per heavy atom. The van der Waals surface area contributed by atoms with Crippen molar-refractivity contribution in [1.29, 1.82) is 0 Å². The molecule has 10 heteroatoms. The van der Waals surface area contributed by atoms with E-state index in [2.05, 4.69) is 10.3 Å². The summed E-state index contributed by atoms with van der Waals surface area (Å²) in [6.45, 7) is 0.228. The Balaban J connectivity index is 1.57. The van der Waals surface area contributed by atoms with E-state index in [1.807, 2.05) is 12.1 Å². The number of ether oxygens (including phenoxy) is 1. The van der Waals surface area contributed by atoms with Gasteiger partial charge >= 0.3 is 0 Å². The standard InChI is InChI=1S/C19H18FN3O4S2/c1-27-15-5-2-6-16-17(15)21-19(28-16)22-18(24)14-4-3-11-23(14)29(25,26)13-9-7-12(20)8-10-13/h2,5-10,14H,3-4,11H2,1H3,(H,21,22,24). The number of nitrogens with one attached hydrogen (secondary N) is 1. The van der Waals surface area contributed by atoms with Crippen molar-refractivity contribution in [3.8, 4) is 5.75 Å². The van der Waals surface area contributed by atoms with Crippen LogP contribution in [-0.2, 0) is 14.8 Å². The molecule has 1 saturated heterocycles. The third-order valence-electron chi connectivity index (χ3n) is 4.76. The summed E-state index contributed by atoms with van der Waals surface area (Å²) in [6.07, 6.45) is 0.965. The number of halogens is 1. The number of nitrogens with zero attached hydrogens (tertiary/aromatic N) is 2. The maximum absolute atomic E-state index is 13.2. The maximum Gasteiger partial charge on any atom is 0.244 e. The number of amides is 1. The van der Waals surface area contributed by atoms with Gasteiger partial charge in [0.1, 0.15) is 23.1 Å². The van der Waals surface area contributed by atoms with E-state index < -0.39 is 27.8 Å². The molecule has 0 spiro atoms. The fourth-order valence-electron chi connectivity index (χ4n) is 3.36. The molecule has 1 fully saturated rings. The lowest BCUT2D eigenvalue weighted by Gasteiger charge is -2.23. The van der Waals surface area contributed by atoms with Crippen molar-refractivity contribution in [2.75, 3.05) is 19.0 Å². The molecule has 0 saturated carbocycles. The van der Waals surface area contributed by atoms with Gasteiger partial charge in [0.2, 0.25) is 15.9 Å². The second-order valence-electron chi connectivity index (χ2n) is 6.54. The van der Waals surface area contributed by atoms with Gasteiger partial charge < -0.3 is 10.1 Å². The minimum absolute atomic E-state index is 0.0386. The summed E-state index contributed by atoms with van der Waals surface area (Å²) in [7, 11) is -2.36. The topological polar surface area (TPSA) is 88.6 Å². The highest BCUT2D eigenvalue weighted by Gasteiger charge is 2.39. The van der Waals surface area contributed by atoms with Crippen molar-refractivity contribution in [2.24, 2.45) is 0 Å². The number of carbonyl (C=O) groups excluding carboxylic acids is 1. The molecule has 3 aromatic rings. The molecule has 0 aliphatic carbocycles. The summed E-state index contributed by atoms with van der Waals surface area (Å²) in [5, 5.41) is 3.11. The summed E-state index contributed by atoms with van der Waals surface area (Å²) in [5.74, 6) is -0.363. The van der Waals surface area contributed by atoms with Gasteiger partial charge in [-0.3, -0.25) is 4.79 Å². The predicted octanol–water partition coefficient (Wildman–Crippen LogP) is 3.24. The molecular formula is C19H18FN3O4S2. The molecular weight excluding hydrogens is 417 g/mol. The Hall–Kier alpha value is -2.56. The Bertz CT molecular complexity index is 1160. The number of benzene rings is 2. The second kappa shape index (κ2) is 7.69. The van der Waals surface area contributed by atoms with E-state index in [1.54, 1.807) is 13.2 Å². The molecule has 0 bridgehead atoms. The predicted molar refractivity (Wildman–Crippen MR) is 108 cm³/mol. The first-order chi connectivity index (χ1) is 13.9. The number of hydrogen-bond donors (Lipinski definition) is 1. The lowest BCUT2D eigenvalue weighted by atomic mass is 10.2. The van der Waals surface area contributed by atoms with Crippen molar-refractivity contribution in [3.63, 3.8) is 0 Å². The van der Waals surface area contributed by atoms with Gasteiger partial charge in [0.25, 0.3) is 0 Å². The number of rotatable bonds is 5. The Kier molecular flexibility index (Phi) is 5.24. The first-order valence-electron chi connectivity index (χ1n) is 8.92. The van der Waals surface area contributed by atoms with E-state index in [-0.39, 0.29) is 11.4 Å². The van der Waals surface area contributed by atoms with Crippen LogP contribution in [0.5, 0.6) is 5.75 Å². The Morgan fingerprint density at radius 3 is 2.76 bits per heavy atom. The number of anilines is 1. The summed E-state index contributed by atoms with van der Waals surface area (Å²) in [6, 6.07) is 9.22. The van der Waals surface area contributed by atoms with E-state index in [0.717, 1.165) is 16.8 Å². The van der Waals surface area contributed by atoms with Gasteiger partial charge in [-0.15, -0.1) is 0 Å². The molecule has 1 unspecified atom stereocenters. The van der Waals surface area contributed by atoms with Gasteiger partial charge in [-0.25, -0.2) is 17.8 Å². The van der Waals surface area contributed by atoms with Crippen LogP contribution in [0.25, 0.3) is 10.2 Å². The maximum atomic E-state index is 13.2. The molecule has 4 rings (SSSR count). The second-order valence-corrected chi connectivity index (χ2v) is 9.46. The van der Waals surface area contributed by atoms with Crippen LogP contribution in [0.15, 0.2) is 47.4 Å². The number of methoxy groups -OCH3 is 1. The van der Waals surface area contributed by atoms with Crippen LogP contribution < -0.4 is 10.1 Å². The highest BCUT2D eigenvalue weighted by molar-refractivity contribution is 7.89. The highest BCUT2D eigenvalue weighted by Crippen LogP contribution is 2.33. The van der Waals surface area contributed by atoms with E-state index in [1.165, 1.54) is 27.8 Å². The monoisotopic (exact) mass is 435 g/mol. The average molecular weight is 436 g/mol. The number of aromatic nitrogens is 1. The van der Waals surface area contributed by atoms with Gasteiger partial charge in [0.05, 0.1) is 16.7 Å². The SMILES string of the molecule is COc1cccc2sc(NC(=O)C3CCCN3S(=O)(=O)c3ccc(F)cc3)nc12. The first-order valence-corrected chi connectivity index (χ1v) is 11.2. The Labute approximate surface area is 171 Å². The fourth-order valence-corrected chi connectivity index (χ4v) is 5.90. The summed E-state index contributed by atoms with van der Waals surface area (Å²) in [4.78, 5) is 17.2. The molecule has 29 heavy (non-hydrogen) atoms. The number of thiazole rings is 1. The summed E-state index contributed by atoms with van der Waals surface area (Å²) < 4.78 is 46.3. The smallest absolute Gasteiger partial charge is 0.244 e. The van der Waals surface area contributed by atoms with E-state index in [4.69, 9.17) is 4.74 Å².